The van der Waals surface area contributed by atoms with Crippen molar-refractivity contribution in [2.75, 3.05) is 6.54 Å². The molecule has 0 aliphatic heterocycles. The number of rotatable bonds is 6. The van der Waals surface area contributed by atoms with Gasteiger partial charge in [-0.15, -0.1) is 0 Å². The number of para-hydroxylation sites is 1. The summed E-state index contributed by atoms with van der Waals surface area (Å²) in [6.07, 6.45) is 3.02. The molecule has 0 radical (unpaired) electrons. The van der Waals surface area contributed by atoms with E-state index >= 15 is 0 Å². The molecule has 4 heteroatoms. The molecule has 1 aromatic carbocycles. The van der Waals surface area contributed by atoms with Crippen LogP contribution in [0.15, 0.2) is 30.5 Å². The number of hydrogen-bond acceptors (Lipinski definition) is 2. The number of nitrogens with two attached hydrogens (primary N) is 1. The molecule has 0 aliphatic carbocycles. The number of primary amides is 1. The molecular weight excluding hydrogens is 226 g/mol. The fraction of sp³-hybridized carbons (Fsp3) is 0.357. The summed E-state index contributed by atoms with van der Waals surface area (Å²) < 4.78 is 1.92. The molecule has 1 amide bonds. The summed E-state index contributed by atoms with van der Waals surface area (Å²) in [6, 6.07) is 8.19. The zero-order chi connectivity index (χ0) is 13.0. The van der Waals surface area contributed by atoms with E-state index < -0.39 is 0 Å². The van der Waals surface area contributed by atoms with Gasteiger partial charge in [-0.3, -0.25) is 4.79 Å². The highest BCUT2D eigenvalue weighted by molar-refractivity contribution is 5.85. The van der Waals surface area contributed by atoms with Gasteiger partial charge in [0, 0.05) is 12.7 Å². The van der Waals surface area contributed by atoms with Gasteiger partial charge in [0.15, 0.2) is 0 Å². The van der Waals surface area contributed by atoms with E-state index in [9.17, 15) is 4.79 Å². The number of carbonyl (C=O) groups is 1. The van der Waals surface area contributed by atoms with E-state index in [0.29, 0.717) is 0 Å². The monoisotopic (exact) mass is 245 g/mol. The molecular formula is C14H19N3O. The Morgan fingerprint density at radius 2 is 2.22 bits per heavy atom. The van der Waals surface area contributed by atoms with Crippen LogP contribution in [0.2, 0.25) is 0 Å². The quantitative estimate of drug-likeness (QED) is 0.760. The smallest absolute Gasteiger partial charge is 0.237 e. The second kappa shape index (κ2) is 5.69. The maximum atomic E-state index is 11.1. The first-order valence-electron chi connectivity index (χ1n) is 6.28. The summed E-state index contributed by atoms with van der Waals surface area (Å²) in [5.41, 5.74) is 7.57. The SMILES string of the molecule is CCCNCc1cccc2ccn(CC(N)=O)c12. The van der Waals surface area contributed by atoms with Crippen molar-refractivity contribution in [2.45, 2.75) is 26.4 Å². The fourth-order valence-corrected chi connectivity index (χ4v) is 2.18. The summed E-state index contributed by atoms with van der Waals surface area (Å²) in [6.45, 7) is 4.18. The summed E-state index contributed by atoms with van der Waals surface area (Å²) in [7, 11) is 0. The molecule has 4 nitrogen and oxygen atoms in total. The summed E-state index contributed by atoms with van der Waals surface area (Å²) >= 11 is 0. The van der Waals surface area contributed by atoms with Gasteiger partial charge in [0.2, 0.25) is 5.91 Å². The lowest BCUT2D eigenvalue weighted by molar-refractivity contribution is -0.118. The first-order valence-corrected chi connectivity index (χ1v) is 6.28. The molecule has 1 heterocycles. The van der Waals surface area contributed by atoms with Crippen LogP contribution in [0.3, 0.4) is 0 Å². The molecule has 0 fully saturated rings. The Morgan fingerprint density at radius 3 is 2.94 bits per heavy atom. The zero-order valence-corrected chi connectivity index (χ0v) is 10.6. The van der Waals surface area contributed by atoms with Crippen molar-refractivity contribution in [3.8, 4) is 0 Å². The van der Waals surface area contributed by atoms with Crippen LogP contribution in [0, 0.1) is 0 Å². The molecule has 0 spiro atoms. The third-order valence-corrected chi connectivity index (χ3v) is 2.94. The van der Waals surface area contributed by atoms with Crippen LogP contribution in [0.4, 0.5) is 0 Å². The van der Waals surface area contributed by atoms with Crippen molar-refractivity contribution in [1.82, 2.24) is 9.88 Å². The lowest BCUT2D eigenvalue weighted by Gasteiger charge is -2.09. The molecule has 0 atom stereocenters. The standard InChI is InChI=1S/C14H19N3O/c1-2-7-16-9-12-5-3-4-11-6-8-17(14(11)12)10-13(15)18/h3-6,8,16H,2,7,9-10H2,1H3,(H2,15,18). The van der Waals surface area contributed by atoms with Crippen LogP contribution in [0.25, 0.3) is 10.9 Å². The first kappa shape index (κ1) is 12.6. The second-order valence-corrected chi connectivity index (χ2v) is 4.44. The molecule has 2 rings (SSSR count). The number of amides is 1. The maximum Gasteiger partial charge on any atom is 0.237 e. The van der Waals surface area contributed by atoms with E-state index in [0.717, 1.165) is 30.4 Å². The third-order valence-electron chi connectivity index (χ3n) is 2.94. The topological polar surface area (TPSA) is 60.1 Å². The van der Waals surface area contributed by atoms with E-state index in [1.165, 1.54) is 5.56 Å². The fourth-order valence-electron chi connectivity index (χ4n) is 2.18. The van der Waals surface area contributed by atoms with Crippen molar-refractivity contribution in [3.63, 3.8) is 0 Å². The predicted octanol–water partition coefficient (Wildman–Crippen LogP) is 1.63. The van der Waals surface area contributed by atoms with Gasteiger partial charge >= 0.3 is 0 Å². The lowest BCUT2D eigenvalue weighted by Crippen LogP contribution is -2.19. The highest BCUT2D eigenvalue weighted by atomic mass is 16.1. The van der Waals surface area contributed by atoms with Crippen LogP contribution in [0.5, 0.6) is 0 Å². The number of hydrogen-bond donors (Lipinski definition) is 2. The van der Waals surface area contributed by atoms with Gasteiger partial charge in [0.25, 0.3) is 0 Å². The highest BCUT2D eigenvalue weighted by Gasteiger charge is 2.07. The second-order valence-electron chi connectivity index (χ2n) is 4.44. The zero-order valence-electron chi connectivity index (χ0n) is 10.6. The van der Waals surface area contributed by atoms with Crippen molar-refractivity contribution < 1.29 is 4.79 Å². The van der Waals surface area contributed by atoms with Gasteiger partial charge in [0.1, 0.15) is 6.54 Å². The Labute approximate surface area is 107 Å². The lowest BCUT2D eigenvalue weighted by atomic mass is 10.1. The number of fused-ring (bicyclic) bond motifs is 1. The molecule has 0 saturated carbocycles. The molecule has 0 bridgehead atoms. The predicted molar refractivity (Wildman–Crippen MR) is 73.1 cm³/mol. The van der Waals surface area contributed by atoms with E-state index in [2.05, 4.69) is 24.4 Å². The summed E-state index contributed by atoms with van der Waals surface area (Å²) in [4.78, 5) is 11.1. The van der Waals surface area contributed by atoms with Crippen LogP contribution in [-0.4, -0.2) is 17.0 Å². The molecule has 3 N–H and O–H groups in total. The maximum absolute atomic E-state index is 11.1. The van der Waals surface area contributed by atoms with Crippen LogP contribution >= 0.6 is 0 Å². The number of nitrogens with one attached hydrogen (secondary N) is 1. The molecule has 18 heavy (non-hydrogen) atoms. The van der Waals surface area contributed by atoms with E-state index in [1.54, 1.807) is 0 Å². The average Bonchev–Trinajstić information content (AvgIpc) is 2.73. The van der Waals surface area contributed by atoms with Crippen LogP contribution < -0.4 is 11.1 Å². The molecule has 0 aliphatic rings. The number of aromatic nitrogens is 1. The first-order chi connectivity index (χ1) is 8.72. The molecule has 96 valence electrons. The minimum Gasteiger partial charge on any atom is -0.368 e. The Kier molecular flexibility index (Phi) is 3.99. The largest absolute Gasteiger partial charge is 0.368 e. The Hall–Kier alpha value is -1.81. The van der Waals surface area contributed by atoms with Gasteiger partial charge in [-0.05, 0) is 30.0 Å². The van der Waals surface area contributed by atoms with Gasteiger partial charge in [0.05, 0.1) is 5.52 Å². The summed E-state index contributed by atoms with van der Waals surface area (Å²) in [5, 5.41) is 4.53. The number of carbonyl (C=O) groups excluding carboxylic acids is 1. The molecule has 2 aromatic rings. The van der Waals surface area contributed by atoms with E-state index in [1.807, 2.05) is 22.9 Å². The van der Waals surface area contributed by atoms with Crippen LogP contribution in [-0.2, 0) is 17.9 Å². The van der Waals surface area contributed by atoms with Gasteiger partial charge in [-0.25, -0.2) is 0 Å². The molecule has 1 aromatic heterocycles. The number of benzene rings is 1. The van der Waals surface area contributed by atoms with Crippen LogP contribution in [0.1, 0.15) is 18.9 Å². The van der Waals surface area contributed by atoms with Crippen molar-refractivity contribution in [2.24, 2.45) is 5.73 Å². The van der Waals surface area contributed by atoms with E-state index in [4.69, 9.17) is 5.73 Å². The van der Waals surface area contributed by atoms with Crippen molar-refractivity contribution in [3.05, 3.63) is 36.0 Å². The Bertz CT molecular complexity index is 545. The average molecular weight is 245 g/mol. The summed E-state index contributed by atoms with van der Waals surface area (Å²) in [5.74, 6) is -0.316. The van der Waals surface area contributed by atoms with Gasteiger partial charge < -0.3 is 15.6 Å². The van der Waals surface area contributed by atoms with Gasteiger partial charge in [-0.1, -0.05) is 25.1 Å². The third kappa shape index (κ3) is 2.71. The Balaban J connectivity index is 2.32. The number of nitrogens with zero attached hydrogens (tertiary/aromatic N) is 1. The normalized spacial score (nSPS) is 10.9. The van der Waals surface area contributed by atoms with Gasteiger partial charge in [-0.2, -0.15) is 0 Å². The molecule has 0 saturated heterocycles. The Morgan fingerprint density at radius 1 is 1.39 bits per heavy atom. The minimum absolute atomic E-state index is 0.230. The minimum atomic E-state index is -0.316. The van der Waals surface area contributed by atoms with Crippen molar-refractivity contribution in [1.29, 1.82) is 0 Å². The highest BCUT2D eigenvalue weighted by Crippen LogP contribution is 2.20. The van der Waals surface area contributed by atoms with Crippen molar-refractivity contribution >= 4 is 16.8 Å². The van der Waals surface area contributed by atoms with E-state index in [-0.39, 0.29) is 12.5 Å². The molecule has 0 unspecified atom stereocenters.